The number of carbonyl (C=O) groups is 1. The Bertz CT molecular complexity index is 1180. The van der Waals surface area contributed by atoms with Crippen molar-refractivity contribution < 1.29 is 4.79 Å². The van der Waals surface area contributed by atoms with E-state index in [9.17, 15) is 9.59 Å². The summed E-state index contributed by atoms with van der Waals surface area (Å²) in [5, 5.41) is 3.62. The highest BCUT2D eigenvalue weighted by atomic mass is 16.1. The van der Waals surface area contributed by atoms with Crippen molar-refractivity contribution >= 4 is 22.6 Å². The standard InChI is InChI=1S/C21H22N6O2/c1-2-16(18-13-26-12-6-10-22-21(26)25-18)24-19(28)9-5-11-27-14-23-17-8-4-3-7-15(17)20(27)29/h3-4,6-8,10,12-14,16H,2,5,9,11H2,1H3,(H,24,28). The van der Waals surface area contributed by atoms with Gasteiger partial charge in [-0.3, -0.25) is 18.6 Å². The second-order valence-electron chi connectivity index (χ2n) is 6.88. The molecule has 0 saturated heterocycles. The first kappa shape index (κ1) is 18.8. The molecule has 0 aliphatic heterocycles. The fraction of sp³-hybridized carbons (Fsp3) is 0.286. The summed E-state index contributed by atoms with van der Waals surface area (Å²) in [5.74, 6) is 0.544. The van der Waals surface area contributed by atoms with Crippen LogP contribution in [0.5, 0.6) is 0 Å². The van der Waals surface area contributed by atoms with E-state index in [0.717, 1.165) is 12.1 Å². The van der Waals surface area contributed by atoms with Gasteiger partial charge in [-0.2, -0.15) is 0 Å². The highest BCUT2D eigenvalue weighted by Gasteiger charge is 2.16. The van der Waals surface area contributed by atoms with E-state index in [1.54, 1.807) is 23.2 Å². The quantitative estimate of drug-likeness (QED) is 0.523. The molecule has 0 bridgehead atoms. The van der Waals surface area contributed by atoms with Crippen LogP contribution in [0.3, 0.4) is 0 Å². The van der Waals surface area contributed by atoms with Gasteiger partial charge < -0.3 is 5.32 Å². The van der Waals surface area contributed by atoms with Crippen molar-refractivity contribution in [3.8, 4) is 0 Å². The number of hydrogen-bond acceptors (Lipinski definition) is 5. The maximum absolute atomic E-state index is 12.5. The number of carbonyl (C=O) groups excluding carboxylic acids is 1. The van der Waals surface area contributed by atoms with Crippen molar-refractivity contribution in [2.24, 2.45) is 0 Å². The highest BCUT2D eigenvalue weighted by molar-refractivity contribution is 5.77. The average Bonchev–Trinajstić information content (AvgIpc) is 3.18. The van der Waals surface area contributed by atoms with Crippen LogP contribution in [0.2, 0.25) is 0 Å². The van der Waals surface area contributed by atoms with Gasteiger partial charge in [-0.15, -0.1) is 0 Å². The molecule has 8 nitrogen and oxygen atoms in total. The van der Waals surface area contributed by atoms with Crippen LogP contribution in [-0.4, -0.2) is 29.8 Å². The van der Waals surface area contributed by atoms with Crippen LogP contribution in [0.25, 0.3) is 16.7 Å². The van der Waals surface area contributed by atoms with Crippen LogP contribution in [-0.2, 0) is 11.3 Å². The van der Waals surface area contributed by atoms with E-state index in [2.05, 4.69) is 20.3 Å². The number of hydrogen-bond donors (Lipinski definition) is 1. The number of imidazole rings is 1. The Kier molecular flexibility index (Phi) is 5.33. The van der Waals surface area contributed by atoms with Gasteiger partial charge in [-0.05, 0) is 31.0 Å². The van der Waals surface area contributed by atoms with Gasteiger partial charge >= 0.3 is 0 Å². The van der Waals surface area contributed by atoms with Crippen molar-refractivity contribution in [2.75, 3.05) is 0 Å². The number of aromatic nitrogens is 5. The van der Waals surface area contributed by atoms with Gasteiger partial charge in [0.15, 0.2) is 0 Å². The van der Waals surface area contributed by atoms with E-state index in [4.69, 9.17) is 0 Å². The summed E-state index contributed by atoms with van der Waals surface area (Å²) in [6, 6.07) is 8.92. The lowest BCUT2D eigenvalue weighted by molar-refractivity contribution is -0.122. The minimum Gasteiger partial charge on any atom is -0.348 e. The molecule has 1 unspecified atom stereocenters. The SMILES string of the molecule is CCC(NC(=O)CCCn1cnc2ccccc2c1=O)c1cn2cccnc2n1. The van der Waals surface area contributed by atoms with Crippen molar-refractivity contribution in [1.82, 2.24) is 29.2 Å². The number of nitrogens with one attached hydrogen (secondary N) is 1. The van der Waals surface area contributed by atoms with Crippen LogP contribution in [0, 0.1) is 0 Å². The third-order valence-corrected chi connectivity index (χ3v) is 4.89. The van der Waals surface area contributed by atoms with Gasteiger partial charge in [0.05, 0.1) is 29.0 Å². The molecule has 1 N–H and O–H groups in total. The van der Waals surface area contributed by atoms with Gasteiger partial charge in [0.25, 0.3) is 5.56 Å². The van der Waals surface area contributed by atoms with Crippen molar-refractivity contribution in [1.29, 1.82) is 0 Å². The second kappa shape index (κ2) is 8.22. The fourth-order valence-electron chi connectivity index (χ4n) is 3.34. The Labute approximate surface area is 167 Å². The molecule has 0 fully saturated rings. The maximum atomic E-state index is 12.5. The van der Waals surface area contributed by atoms with Crippen LogP contribution < -0.4 is 10.9 Å². The smallest absolute Gasteiger partial charge is 0.261 e. The Hall–Kier alpha value is -3.55. The molecule has 0 saturated carbocycles. The first-order valence-corrected chi connectivity index (χ1v) is 9.69. The third-order valence-electron chi connectivity index (χ3n) is 4.89. The molecule has 148 valence electrons. The summed E-state index contributed by atoms with van der Waals surface area (Å²) in [5.41, 5.74) is 1.38. The largest absolute Gasteiger partial charge is 0.348 e. The molecule has 0 spiro atoms. The van der Waals surface area contributed by atoms with Gasteiger partial charge in [0.1, 0.15) is 0 Å². The second-order valence-corrected chi connectivity index (χ2v) is 6.88. The van der Waals surface area contributed by atoms with E-state index < -0.39 is 0 Å². The first-order valence-electron chi connectivity index (χ1n) is 9.69. The minimum absolute atomic E-state index is 0.0661. The molecule has 8 heteroatoms. The molecule has 0 radical (unpaired) electrons. The summed E-state index contributed by atoms with van der Waals surface area (Å²) in [6.45, 7) is 2.45. The zero-order valence-corrected chi connectivity index (χ0v) is 16.2. The Balaban J connectivity index is 1.37. The third kappa shape index (κ3) is 4.01. The van der Waals surface area contributed by atoms with Gasteiger partial charge in [0, 0.05) is 31.6 Å². The molecule has 0 aliphatic rings. The summed E-state index contributed by atoms with van der Waals surface area (Å²) in [4.78, 5) is 37.9. The molecule has 3 heterocycles. The zero-order chi connectivity index (χ0) is 20.2. The highest BCUT2D eigenvalue weighted by Crippen LogP contribution is 2.16. The molecule has 0 aliphatic carbocycles. The van der Waals surface area contributed by atoms with Crippen LogP contribution in [0.15, 0.2) is 60.0 Å². The first-order chi connectivity index (χ1) is 14.2. The molecule has 1 atom stereocenters. The Morgan fingerprint density at radius 2 is 2.07 bits per heavy atom. The lowest BCUT2D eigenvalue weighted by Crippen LogP contribution is -2.29. The number of amides is 1. The van der Waals surface area contributed by atoms with Gasteiger partial charge in [0.2, 0.25) is 11.7 Å². The lowest BCUT2D eigenvalue weighted by Gasteiger charge is -2.14. The van der Waals surface area contributed by atoms with E-state index in [1.807, 2.05) is 48.0 Å². The number of fused-ring (bicyclic) bond motifs is 2. The fourth-order valence-corrected chi connectivity index (χ4v) is 3.34. The van der Waals surface area contributed by atoms with Gasteiger partial charge in [-0.1, -0.05) is 19.1 Å². The summed E-state index contributed by atoms with van der Waals surface area (Å²) >= 11 is 0. The summed E-state index contributed by atoms with van der Waals surface area (Å²) in [6.07, 6.45) is 8.59. The van der Waals surface area contributed by atoms with Crippen LogP contribution in [0.4, 0.5) is 0 Å². The molecular formula is C21H22N6O2. The lowest BCUT2D eigenvalue weighted by atomic mass is 10.1. The zero-order valence-electron chi connectivity index (χ0n) is 16.2. The van der Waals surface area contributed by atoms with E-state index in [1.165, 1.54) is 0 Å². The normalized spacial score (nSPS) is 12.3. The monoisotopic (exact) mass is 390 g/mol. The molecule has 3 aromatic heterocycles. The predicted molar refractivity (Wildman–Crippen MR) is 109 cm³/mol. The van der Waals surface area contributed by atoms with Crippen molar-refractivity contribution in [2.45, 2.75) is 38.8 Å². The Morgan fingerprint density at radius 3 is 2.90 bits per heavy atom. The summed E-state index contributed by atoms with van der Waals surface area (Å²) in [7, 11) is 0. The number of benzene rings is 1. The number of para-hydroxylation sites is 1. The van der Waals surface area contributed by atoms with E-state index in [0.29, 0.717) is 36.1 Å². The number of rotatable bonds is 7. The molecule has 4 aromatic rings. The predicted octanol–water partition coefficient (Wildman–Crippen LogP) is 2.49. The van der Waals surface area contributed by atoms with E-state index in [-0.39, 0.29) is 17.5 Å². The Morgan fingerprint density at radius 1 is 1.21 bits per heavy atom. The molecular weight excluding hydrogens is 368 g/mol. The number of aryl methyl sites for hydroxylation is 1. The molecule has 1 amide bonds. The molecule has 4 rings (SSSR count). The van der Waals surface area contributed by atoms with Crippen LogP contribution >= 0.6 is 0 Å². The average molecular weight is 390 g/mol. The molecule has 1 aromatic carbocycles. The maximum Gasteiger partial charge on any atom is 0.261 e. The summed E-state index contributed by atoms with van der Waals surface area (Å²) < 4.78 is 3.39. The number of nitrogens with zero attached hydrogens (tertiary/aromatic N) is 5. The van der Waals surface area contributed by atoms with E-state index >= 15 is 0 Å². The molecule has 29 heavy (non-hydrogen) atoms. The van der Waals surface area contributed by atoms with Crippen molar-refractivity contribution in [3.05, 3.63) is 71.3 Å². The van der Waals surface area contributed by atoms with Crippen LogP contribution in [0.1, 0.15) is 37.9 Å². The minimum atomic E-state index is -0.172. The van der Waals surface area contributed by atoms with Crippen molar-refractivity contribution in [3.63, 3.8) is 0 Å². The van der Waals surface area contributed by atoms with Gasteiger partial charge in [-0.25, -0.2) is 15.0 Å². The topological polar surface area (TPSA) is 94.2 Å².